The maximum absolute atomic E-state index is 8.87. The number of aliphatic hydroxyl groups is 1. The van der Waals surface area contributed by atoms with Crippen molar-refractivity contribution in [2.24, 2.45) is 0 Å². The summed E-state index contributed by atoms with van der Waals surface area (Å²) in [6, 6.07) is 0. The Bertz CT molecular complexity index is 176. The normalized spacial score (nSPS) is 13.1. The monoisotopic (exact) mass is 232 g/mol. The smallest absolute Gasteiger partial charge is 0.0648 e. The van der Waals surface area contributed by atoms with Crippen LogP contribution in [-0.4, -0.2) is 36.1 Å². The molecule has 98 valence electrons. The van der Waals surface area contributed by atoms with E-state index in [1.165, 1.54) is 0 Å². The molecule has 1 N–H and O–H groups in total. The molecule has 0 amide bonds. The van der Waals surface area contributed by atoms with Gasteiger partial charge in [0.15, 0.2) is 0 Å². The average Bonchev–Trinajstić information content (AvgIpc) is 2.14. The van der Waals surface area contributed by atoms with Crippen molar-refractivity contribution in [3.05, 3.63) is 0 Å². The minimum absolute atomic E-state index is 0.120. The minimum Gasteiger partial charge on any atom is -0.396 e. The van der Waals surface area contributed by atoms with Crippen molar-refractivity contribution < 1.29 is 14.6 Å². The molecule has 0 bridgehead atoms. The Morgan fingerprint density at radius 2 is 1.38 bits per heavy atom. The zero-order valence-electron chi connectivity index (χ0n) is 11.5. The van der Waals surface area contributed by atoms with Crippen LogP contribution >= 0.6 is 0 Å². The van der Waals surface area contributed by atoms with Gasteiger partial charge in [0, 0.05) is 13.2 Å². The second-order valence-electron chi connectivity index (χ2n) is 5.44. The molecule has 0 heterocycles. The molecular formula is C13H28O3. The van der Waals surface area contributed by atoms with Gasteiger partial charge in [-0.15, -0.1) is 0 Å². The Morgan fingerprint density at radius 3 is 1.88 bits per heavy atom. The van der Waals surface area contributed by atoms with E-state index in [9.17, 15) is 0 Å². The lowest BCUT2D eigenvalue weighted by atomic mass is 10.0. The zero-order chi connectivity index (χ0) is 12.7. The summed E-state index contributed by atoms with van der Waals surface area (Å²) < 4.78 is 11.5. The van der Waals surface area contributed by atoms with E-state index >= 15 is 0 Å². The molecule has 0 saturated heterocycles. The Balaban J connectivity index is 3.78. The van der Waals surface area contributed by atoms with Crippen LogP contribution in [0.3, 0.4) is 0 Å². The predicted octanol–water partition coefficient (Wildman–Crippen LogP) is 2.76. The molecule has 0 radical (unpaired) electrons. The van der Waals surface area contributed by atoms with E-state index < -0.39 is 0 Å². The van der Waals surface area contributed by atoms with Gasteiger partial charge in [0.2, 0.25) is 0 Å². The molecule has 0 rings (SSSR count). The molecule has 0 aromatic carbocycles. The van der Waals surface area contributed by atoms with Crippen molar-refractivity contribution in [2.75, 3.05) is 19.8 Å². The molecule has 0 atom stereocenters. The van der Waals surface area contributed by atoms with Crippen LogP contribution in [0.15, 0.2) is 0 Å². The lowest BCUT2D eigenvalue weighted by molar-refractivity contribution is -0.0774. The van der Waals surface area contributed by atoms with Crippen LogP contribution in [0.1, 0.15) is 53.9 Å². The summed E-state index contributed by atoms with van der Waals surface area (Å²) >= 11 is 0. The number of aliphatic hydroxyl groups excluding tert-OH is 1. The van der Waals surface area contributed by atoms with Crippen LogP contribution in [0.4, 0.5) is 0 Å². The summed E-state index contributed by atoms with van der Waals surface area (Å²) in [7, 11) is 0. The van der Waals surface area contributed by atoms with E-state index in [-0.39, 0.29) is 17.8 Å². The Kier molecular flexibility index (Phi) is 7.20. The highest BCUT2D eigenvalue weighted by Crippen LogP contribution is 2.19. The van der Waals surface area contributed by atoms with Crippen LogP contribution in [0.5, 0.6) is 0 Å². The molecular weight excluding hydrogens is 204 g/mol. The number of hydrogen-bond acceptors (Lipinski definition) is 3. The molecule has 0 aliphatic rings. The van der Waals surface area contributed by atoms with E-state index in [1.807, 2.05) is 13.8 Å². The van der Waals surface area contributed by atoms with E-state index in [1.54, 1.807) is 0 Å². The van der Waals surface area contributed by atoms with Gasteiger partial charge in [-0.3, -0.25) is 0 Å². The molecule has 0 saturated carbocycles. The summed E-state index contributed by atoms with van der Waals surface area (Å²) in [4.78, 5) is 0. The second-order valence-corrected chi connectivity index (χ2v) is 5.44. The molecule has 3 heteroatoms. The fourth-order valence-electron chi connectivity index (χ4n) is 1.37. The van der Waals surface area contributed by atoms with Gasteiger partial charge in [0.05, 0.1) is 17.8 Å². The van der Waals surface area contributed by atoms with E-state index in [0.717, 1.165) is 19.4 Å². The lowest BCUT2D eigenvalue weighted by Gasteiger charge is -2.29. The standard InChI is InChI=1S/C13H28O3/c1-6-10-15-13(4,5)8-11-16-12(2,3)7-9-14/h14H,6-11H2,1-5H3. The molecule has 0 unspecified atom stereocenters. The largest absolute Gasteiger partial charge is 0.396 e. The van der Waals surface area contributed by atoms with Gasteiger partial charge >= 0.3 is 0 Å². The van der Waals surface area contributed by atoms with Crippen molar-refractivity contribution in [3.63, 3.8) is 0 Å². The Hall–Kier alpha value is -0.120. The second kappa shape index (κ2) is 7.25. The molecule has 0 fully saturated rings. The molecule has 0 aromatic rings. The first kappa shape index (κ1) is 15.9. The van der Waals surface area contributed by atoms with Gasteiger partial charge in [0.25, 0.3) is 0 Å². The van der Waals surface area contributed by atoms with Gasteiger partial charge in [-0.05, 0) is 47.0 Å². The van der Waals surface area contributed by atoms with Gasteiger partial charge in [-0.1, -0.05) is 6.92 Å². The number of rotatable bonds is 9. The highest BCUT2D eigenvalue weighted by atomic mass is 16.5. The molecule has 3 nitrogen and oxygen atoms in total. The van der Waals surface area contributed by atoms with Crippen LogP contribution in [0, 0.1) is 0 Å². The number of hydrogen-bond donors (Lipinski definition) is 1. The van der Waals surface area contributed by atoms with Crippen molar-refractivity contribution in [1.82, 2.24) is 0 Å². The third-order valence-electron chi connectivity index (χ3n) is 2.61. The predicted molar refractivity (Wildman–Crippen MR) is 66.7 cm³/mol. The fraction of sp³-hybridized carbons (Fsp3) is 1.00. The third-order valence-corrected chi connectivity index (χ3v) is 2.61. The highest BCUT2D eigenvalue weighted by Gasteiger charge is 2.22. The van der Waals surface area contributed by atoms with Gasteiger partial charge in [-0.25, -0.2) is 0 Å². The number of ether oxygens (including phenoxy) is 2. The van der Waals surface area contributed by atoms with Crippen LogP contribution < -0.4 is 0 Å². The highest BCUT2D eigenvalue weighted by molar-refractivity contribution is 4.71. The third kappa shape index (κ3) is 8.08. The maximum Gasteiger partial charge on any atom is 0.0648 e. The summed E-state index contributed by atoms with van der Waals surface area (Å²) in [5.74, 6) is 0. The van der Waals surface area contributed by atoms with Crippen molar-refractivity contribution in [3.8, 4) is 0 Å². The zero-order valence-corrected chi connectivity index (χ0v) is 11.5. The van der Waals surface area contributed by atoms with Gasteiger partial charge < -0.3 is 14.6 Å². The summed E-state index contributed by atoms with van der Waals surface area (Å²) in [6.45, 7) is 11.9. The van der Waals surface area contributed by atoms with Crippen molar-refractivity contribution >= 4 is 0 Å². The van der Waals surface area contributed by atoms with E-state index in [0.29, 0.717) is 13.0 Å². The molecule has 0 aromatic heterocycles. The summed E-state index contributed by atoms with van der Waals surface area (Å²) in [6.07, 6.45) is 2.59. The van der Waals surface area contributed by atoms with Crippen LogP contribution in [0.25, 0.3) is 0 Å². The molecule has 0 aliphatic carbocycles. The molecule has 0 spiro atoms. The van der Waals surface area contributed by atoms with E-state index in [2.05, 4.69) is 20.8 Å². The molecule has 16 heavy (non-hydrogen) atoms. The summed E-state index contributed by atoms with van der Waals surface area (Å²) in [5, 5.41) is 8.87. The fourth-order valence-corrected chi connectivity index (χ4v) is 1.37. The quantitative estimate of drug-likeness (QED) is 0.664. The molecule has 0 aliphatic heterocycles. The topological polar surface area (TPSA) is 38.7 Å². The maximum atomic E-state index is 8.87. The van der Waals surface area contributed by atoms with Crippen molar-refractivity contribution in [1.29, 1.82) is 0 Å². The van der Waals surface area contributed by atoms with Gasteiger partial charge in [-0.2, -0.15) is 0 Å². The first-order valence-electron chi connectivity index (χ1n) is 6.22. The SMILES string of the molecule is CCCOC(C)(C)CCOC(C)(C)CCO. The first-order valence-corrected chi connectivity index (χ1v) is 6.22. The van der Waals surface area contributed by atoms with E-state index in [4.69, 9.17) is 14.6 Å². The van der Waals surface area contributed by atoms with Crippen LogP contribution in [0.2, 0.25) is 0 Å². The first-order chi connectivity index (χ1) is 7.33. The van der Waals surface area contributed by atoms with Crippen molar-refractivity contribution in [2.45, 2.75) is 65.1 Å². The summed E-state index contributed by atoms with van der Waals surface area (Å²) in [5.41, 5.74) is -0.360. The average molecular weight is 232 g/mol. The Labute approximate surface area is 100 Å². The minimum atomic E-state index is -0.240. The Morgan fingerprint density at radius 1 is 0.875 bits per heavy atom. The van der Waals surface area contributed by atoms with Crippen LogP contribution in [-0.2, 0) is 9.47 Å². The lowest BCUT2D eigenvalue weighted by Crippen LogP contribution is -2.31. The van der Waals surface area contributed by atoms with Gasteiger partial charge in [0.1, 0.15) is 0 Å².